The number of aliphatic carboxylic acids is 1. The van der Waals surface area contributed by atoms with Crippen molar-refractivity contribution in [2.24, 2.45) is 11.7 Å². The second-order valence-electron chi connectivity index (χ2n) is 5.46. The number of nitrogens with zero attached hydrogens (tertiary/aromatic N) is 2. The van der Waals surface area contributed by atoms with Gasteiger partial charge in [-0.15, -0.1) is 0 Å². The SMILES string of the molecule is N[C@@H](CC1CCC(NC(=O)c2cnccn2)CC1)C(=O)O. The molecule has 1 aliphatic carbocycles. The number of hydrogen-bond donors (Lipinski definition) is 3. The van der Waals surface area contributed by atoms with E-state index in [2.05, 4.69) is 15.3 Å². The quantitative estimate of drug-likeness (QED) is 0.730. The lowest BCUT2D eigenvalue weighted by molar-refractivity contribution is -0.139. The molecule has 2 rings (SSSR count). The maximum atomic E-state index is 12.0. The average Bonchev–Trinajstić information content (AvgIpc) is 2.50. The number of carboxylic acid groups (broad SMARTS) is 1. The molecule has 1 fully saturated rings. The Morgan fingerprint density at radius 2 is 2.05 bits per heavy atom. The second kappa shape index (κ2) is 7.12. The van der Waals surface area contributed by atoms with E-state index in [1.807, 2.05) is 0 Å². The summed E-state index contributed by atoms with van der Waals surface area (Å²) >= 11 is 0. The summed E-state index contributed by atoms with van der Waals surface area (Å²) in [6, 6.07) is -0.683. The summed E-state index contributed by atoms with van der Waals surface area (Å²) in [5, 5.41) is 11.8. The van der Waals surface area contributed by atoms with Crippen molar-refractivity contribution in [2.45, 2.75) is 44.2 Å². The monoisotopic (exact) mass is 292 g/mol. The minimum Gasteiger partial charge on any atom is -0.480 e. The first-order valence-corrected chi connectivity index (χ1v) is 7.11. The highest BCUT2D eigenvalue weighted by Crippen LogP contribution is 2.27. The first kappa shape index (κ1) is 15.4. The van der Waals surface area contributed by atoms with Gasteiger partial charge in [0.25, 0.3) is 5.91 Å². The lowest BCUT2D eigenvalue weighted by Crippen LogP contribution is -2.39. The molecule has 1 heterocycles. The molecular formula is C14H20N4O3. The van der Waals surface area contributed by atoms with E-state index in [0.717, 1.165) is 25.7 Å². The number of carboxylic acids is 1. The Hall–Kier alpha value is -2.02. The molecule has 0 aromatic carbocycles. The van der Waals surface area contributed by atoms with E-state index < -0.39 is 12.0 Å². The number of amides is 1. The molecule has 1 aromatic heterocycles. The molecule has 0 unspecified atom stereocenters. The van der Waals surface area contributed by atoms with E-state index in [1.54, 1.807) is 0 Å². The summed E-state index contributed by atoms with van der Waals surface area (Å²) in [5.41, 5.74) is 5.87. The van der Waals surface area contributed by atoms with Crippen molar-refractivity contribution >= 4 is 11.9 Å². The number of carbonyl (C=O) groups excluding carboxylic acids is 1. The predicted molar refractivity (Wildman–Crippen MR) is 75.5 cm³/mol. The standard InChI is InChI=1S/C14H20N4O3/c15-11(14(20)21)7-9-1-3-10(4-2-9)18-13(19)12-8-16-5-6-17-12/h5-6,8-11H,1-4,7,15H2,(H,18,19)(H,20,21)/t9?,10?,11-/m0/s1. The molecule has 7 heteroatoms. The van der Waals surface area contributed by atoms with E-state index in [9.17, 15) is 9.59 Å². The molecule has 0 saturated heterocycles. The predicted octanol–water partition coefficient (Wildman–Crippen LogP) is 0.567. The van der Waals surface area contributed by atoms with Crippen LogP contribution in [0.2, 0.25) is 0 Å². The largest absolute Gasteiger partial charge is 0.480 e. The van der Waals surface area contributed by atoms with Gasteiger partial charge >= 0.3 is 5.97 Å². The Morgan fingerprint density at radius 1 is 1.33 bits per heavy atom. The third-order valence-corrected chi connectivity index (χ3v) is 3.88. The Kier molecular flexibility index (Phi) is 5.21. The Balaban J connectivity index is 1.77. The van der Waals surface area contributed by atoms with Crippen LogP contribution in [0.4, 0.5) is 0 Å². The second-order valence-corrected chi connectivity index (χ2v) is 5.46. The van der Waals surface area contributed by atoms with Crippen molar-refractivity contribution in [3.8, 4) is 0 Å². The van der Waals surface area contributed by atoms with Crippen LogP contribution in [0, 0.1) is 5.92 Å². The van der Waals surface area contributed by atoms with Crippen molar-refractivity contribution in [1.29, 1.82) is 0 Å². The molecule has 114 valence electrons. The number of nitrogens with one attached hydrogen (secondary N) is 1. The van der Waals surface area contributed by atoms with Crippen LogP contribution < -0.4 is 11.1 Å². The van der Waals surface area contributed by atoms with Crippen molar-refractivity contribution in [3.63, 3.8) is 0 Å². The highest BCUT2D eigenvalue weighted by molar-refractivity contribution is 5.92. The number of hydrogen-bond acceptors (Lipinski definition) is 5. The zero-order valence-corrected chi connectivity index (χ0v) is 11.7. The van der Waals surface area contributed by atoms with Crippen LogP contribution in [0.5, 0.6) is 0 Å². The van der Waals surface area contributed by atoms with Crippen LogP contribution in [-0.2, 0) is 4.79 Å². The van der Waals surface area contributed by atoms with E-state index in [0.29, 0.717) is 18.0 Å². The Bertz CT molecular complexity index is 486. The minimum atomic E-state index is -0.951. The Labute approximate surface area is 123 Å². The van der Waals surface area contributed by atoms with Gasteiger partial charge in [-0.05, 0) is 38.0 Å². The van der Waals surface area contributed by atoms with E-state index >= 15 is 0 Å². The lowest BCUT2D eigenvalue weighted by atomic mass is 9.82. The Morgan fingerprint density at radius 3 is 2.62 bits per heavy atom. The van der Waals surface area contributed by atoms with Gasteiger partial charge in [0.2, 0.25) is 0 Å². The zero-order chi connectivity index (χ0) is 15.2. The summed E-state index contributed by atoms with van der Waals surface area (Å²) < 4.78 is 0. The van der Waals surface area contributed by atoms with E-state index in [1.165, 1.54) is 18.6 Å². The fraction of sp³-hybridized carbons (Fsp3) is 0.571. The zero-order valence-electron chi connectivity index (χ0n) is 11.7. The van der Waals surface area contributed by atoms with Gasteiger partial charge in [0.1, 0.15) is 11.7 Å². The van der Waals surface area contributed by atoms with Crippen molar-refractivity contribution in [2.75, 3.05) is 0 Å². The minimum absolute atomic E-state index is 0.108. The molecule has 4 N–H and O–H groups in total. The summed E-state index contributed by atoms with van der Waals surface area (Å²) in [6.45, 7) is 0. The van der Waals surface area contributed by atoms with Gasteiger partial charge in [-0.1, -0.05) is 0 Å². The highest BCUT2D eigenvalue weighted by atomic mass is 16.4. The summed E-state index contributed by atoms with van der Waals surface area (Å²) in [6.07, 6.45) is 8.38. The number of aromatic nitrogens is 2. The van der Waals surface area contributed by atoms with Crippen LogP contribution in [0.1, 0.15) is 42.6 Å². The van der Waals surface area contributed by atoms with Crippen LogP contribution in [0.3, 0.4) is 0 Å². The molecule has 1 atom stereocenters. The average molecular weight is 292 g/mol. The summed E-state index contributed by atoms with van der Waals surface area (Å²) in [4.78, 5) is 30.5. The number of nitrogens with two attached hydrogens (primary N) is 1. The van der Waals surface area contributed by atoms with Crippen LogP contribution in [0.15, 0.2) is 18.6 Å². The molecule has 0 spiro atoms. The van der Waals surface area contributed by atoms with Crippen molar-refractivity contribution in [1.82, 2.24) is 15.3 Å². The molecule has 0 radical (unpaired) electrons. The third kappa shape index (κ3) is 4.49. The third-order valence-electron chi connectivity index (χ3n) is 3.88. The molecule has 0 bridgehead atoms. The molecule has 0 aliphatic heterocycles. The fourth-order valence-corrected chi connectivity index (χ4v) is 2.68. The topological polar surface area (TPSA) is 118 Å². The van der Waals surface area contributed by atoms with Gasteiger partial charge < -0.3 is 16.2 Å². The number of carbonyl (C=O) groups is 2. The van der Waals surface area contributed by atoms with Gasteiger partial charge in [0, 0.05) is 18.4 Å². The number of rotatable bonds is 5. The normalized spacial score (nSPS) is 23.3. The van der Waals surface area contributed by atoms with Crippen molar-refractivity contribution in [3.05, 3.63) is 24.3 Å². The smallest absolute Gasteiger partial charge is 0.320 e. The van der Waals surface area contributed by atoms with Crippen molar-refractivity contribution < 1.29 is 14.7 Å². The van der Waals surface area contributed by atoms with Gasteiger partial charge in [-0.2, -0.15) is 0 Å². The summed E-state index contributed by atoms with van der Waals surface area (Å²) in [5.74, 6) is -0.845. The van der Waals surface area contributed by atoms with Crippen LogP contribution >= 0.6 is 0 Å². The van der Waals surface area contributed by atoms with E-state index in [4.69, 9.17) is 10.8 Å². The molecule has 1 aliphatic rings. The van der Waals surface area contributed by atoms with Gasteiger partial charge in [-0.25, -0.2) is 4.98 Å². The van der Waals surface area contributed by atoms with Gasteiger partial charge in [-0.3, -0.25) is 14.6 Å². The maximum Gasteiger partial charge on any atom is 0.320 e. The molecule has 1 aromatic rings. The summed E-state index contributed by atoms with van der Waals surface area (Å²) in [7, 11) is 0. The fourth-order valence-electron chi connectivity index (χ4n) is 2.68. The first-order valence-electron chi connectivity index (χ1n) is 7.11. The maximum absolute atomic E-state index is 12.0. The van der Waals surface area contributed by atoms with Gasteiger partial charge in [0.15, 0.2) is 0 Å². The molecule has 1 amide bonds. The lowest BCUT2D eigenvalue weighted by Gasteiger charge is -2.29. The molecule has 7 nitrogen and oxygen atoms in total. The molecule has 21 heavy (non-hydrogen) atoms. The van der Waals surface area contributed by atoms with E-state index in [-0.39, 0.29) is 11.9 Å². The van der Waals surface area contributed by atoms with Crippen LogP contribution in [0.25, 0.3) is 0 Å². The van der Waals surface area contributed by atoms with Crippen LogP contribution in [-0.4, -0.2) is 39.0 Å². The van der Waals surface area contributed by atoms with Gasteiger partial charge in [0.05, 0.1) is 6.20 Å². The highest BCUT2D eigenvalue weighted by Gasteiger charge is 2.26. The molecule has 1 saturated carbocycles. The first-order chi connectivity index (χ1) is 10.1. The molecular weight excluding hydrogens is 272 g/mol.